The zero-order valence-corrected chi connectivity index (χ0v) is 17.6. The van der Waals surface area contributed by atoms with Crippen LogP contribution in [-0.4, -0.2) is 36.0 Å². The van der Waals surface area contributed by atoms with Crippen LogP contribution in [0.4, 0.5) is 0 Å². The number of sulfone groups is 1. The van der Waals surface area contributed by atoms with E-state index in [1.165, 1.54) is 6.26 Å². The Hall–Kier alpha value is -2.09. The van der Waals surface area contributed by atoms with Crippen LogP contribution in [-0.2, 0) is 15.4 Å². The van der Waals surface area contributed by atoms with E-state index in [-0.39, 0.29) is 5.75 Å². The van der Waals surface area contributed by atoms with Crippen molar-refractivity contribution < 1.29 is 13.2 Å². The molecule has 0 radical (unpaired) electrons. The maximum Gasteiger partial charge on any atom is 0.223 e. The molecule has 0 aliphatic heterocycles. The molecule has 0 aromatic carbocycles. The normalized spacial score (nSPS) is 18.0. The van der Waals surface area contributed by atoms with Crippen LogP contribution >= 0.6 is 11.6 Å². The van der Waals surface area contributed by atoms with Crippen LogP contribution < -0.4 is 4.74 Å². The van der Waals surface area contributed by atoms with Crippen molar-refractivity contribution in [3.63, 3.8) is 0 Å². The second-order valence-electron chi connectivity index (χ2n) is 7.56. The number of halogens is 1. The number of ether oxygens (including phenoxy) is 1. The molecule has 0 saturated heterocycles. The summed E-state index contributed by atoms with van der Waals surface area (Å²) >= 11 is 6.12. The molecule has 0 N–H and O–H groups in total. The standard InChI is InChI=1S/C18H22ClN5O3S/c1-4-17(2,23-24-20)14-10-22-16(13-9-21-15(19)8-12(13)14)27-18(6-5-7-18)11-28(3,25)26/h8-10H,4-7,11H2,1-3H3/t17-/m1/s1. The summed E-state index contributed by atoms with van der Waals surface area (Å²) in [5.41, 5.74) is 8.12. The van der Waals surface area contributed by atoms with Crippen LogP contribution in [0, 0.1) is 0 Å². The minimum absolute atomic E-state index is 0.0582. The Kier molecular flexibility index (Phi) is 5.44. The predicted octanol–water partition coefficient (Wildman–Crippen LogP) is 4.56. The van der Waals surface area contributed by atoms with Gasteiger partial charge in [0.2, 0.25) is 5.88 Å². The maximum atomic E-state index is 11.9. The highest BCUT2D eigenvalue weighted by Gasteiger charge is 2.43. The average molecular weight is 424 g/mol. The van der Waals surface area contributed by atoms with E-state index in [1.807, 2.05) is 13.8 Å². The summed E-state index contributed by atoms with van der Waals surface area (Å²) in [7, 11) is -3.21. The predicted molar refractivity (Wildman–Crippen MR) is 108 cm³/mol. The van der Waals surface area contributed by atoms with E-state index in [0.29, 0.717) is 41.2 Å². The minimum Gasteiger partial charge on any atom is -0.469 e. The van der Waals surface area contributed by atoms with E-state index >= 15 is 0 Å². The fraction of sp³-hybridized carbons (Fsp3) is 0.556. The monoisotopic (exact) mass is 423 g/mol. The van der Waals surface area contributed by atoms with Gasteiger partial charge < -0.3 is 4.74 Å². The Morgan fingerprint density at radius 1 is 1.36 bits per heavy atom. The van der Waals surface area contributed by atoms with E-state index < -0.39 is 21.0 Å². The van der Waals surface area contributed by atoms with E-state index in [2.05, 4.69) is 20.0 Å². The second-order valence-corrected chi connectivity index (χ2v) is 10.1. The van der Waals surface area contributed by atoms with Gasteiger partial charge in [0.1, 0.15) is 10.8 Å². The van der Waals surface area contributed by atoms with Gasteiger partial charge in [0.05, 0.1) is 16.7 Å². The topological polar surface area (TPSA) is 118 Å². The van der Waals surface area contributed by atoms with Gasteiger partial charge in [0.25, 0.3) is 0 Å². The molecule has 2 heterocycles. The minimum atomic E-state index is -3.21. The molecule has 150 valence electrons. The molecule has 0 spiro atoms. The van der Waals surface area contributed by atoms with Gasteiger partial charge in [-0.15, -0.1) is 0 Å². The highest BCUT2D eigenvalue weighted by Crippen LogP contribution is 2.42. The molecule has 28 heavy (non-hydrogen) atoms. The number of azide groups is 1. The molecule has 1 fully saturated rings. The zero-order valence-electron chi connectivity index (χ0n) is 16.0. The first-order valence-corrected chi connectivity index (χ1v) is 11.4. The second kappa shape index (κ2) is 7.39. The molecule has 1 atom stereocenters. The van der Waals surface area contributed by atoms with Gasteiger partial charge in [0, 0.05) is 23.6 Å². The van der Waals surface area contributed by atoms with Crippen molar-refractivity contribution in [2.75, 3.05) is 12.0 Å². The molecule has 1 aliphatic rings. The fourth-order valence-corrected chi connectivity index (χ4v) is 5.00. The van der Waals surface area contributed by atoms with Crippen molar-refractivity contribution in [1.29, 1.82) is 0 Å². The van der Waals surface area contributed by atoms with Gasteiger partial charge in [-0.2, -0.15) is 0 Å². The summed E-state index contributed by atoms with van der Waals surface area (Å²) in [6.07, 6.45) is 7.14. The summed E-state index contributed by atoms with van der Waals surface area (Å²) < 4.78 is 29.9. The summed E-state index contributed by atoms with van der Waals surface area (Å²) in [6.45, 7) is 3.75. The third-order valence-electron chi connectivity index (χ3n) is 5.34. The van der Waals surface area contributed by atoms with Crippen LogP contribution in [0.25, 0.3) is 21.2 Å². The van der Waals surface area contributed by atoms with Crippen LogP contribution in [0.1, 0.15) is 45.1 Å². The summed E-state index contributed by atoms with van der Waals surface area (Å²) in [4.78, 5) is 11.6. The Labute approximate surface area is 168 Å². The molecule has 2 aromatic rings. The third-order valence-corrected chi connectivity index (χ3v) is 6.60. The quantitative estimate of drug-likeness (QED) is 0.280. The lowest BCUT2D eigenvalue weighted by Gasteiger charge is -2.41. The molecule has 0 unspecified atom stereocenters. The van der Waals surface area contributed by atoms with E-state index in [1.54, 1.807) is 18.5 Å². The van der Waals surface area contributed by atoms with Crippen molar-refractivity contribution in [2.45, 2.75) is 50.7 Å². The molecule has 3 rings (SSSR count). The third kappa shape index (κ3) is 4.01. The van der Waals surface area contributed by atoms with Crippen LogP contribution in [0.3, 0.4) is 0 Å². The molecular weight excluding hydrogens is 402 g/mol. The zero-order chi connectivity index (χ0) is 20.6. The molecule has 1 saturated carbocycles. The fourth-order valence-electron chi connectivity index (χ4n) is 3.54. The van der Waals surface area contributed by atoms with Gasteiger partial charge >= 0.3 is 0 Å². The first-order valence-electron chi connectivity index (χ1n) is 8.99. The van der Waals surface area contributed by atoms with Crippen molar-refractivity contribution in [2.24, 2.45) is 5.11 Å². The molecule has 0 bridgehead atoms. The van der Waals surface area contributed by atoms with Gasteiger partial charge in [-0.05, 0) is 55.2 Å². The lowest BCUT2D eigenvalue weighted by molar-refractivity contribution is 0.0120. The summed E-state index contributed by atoms with van der Waals surface area (Å²) in [5, 5.41) is 5.58. The van der Waals surface area contributed by atoms with Crippen molar-refractivity contribution in [3.8, 4) is 5.88 Å². The SMILES string of the molecule is CC[C@@](C)(N=[N+]=[N-])c1cnc(OC2(CS(C)(=O)=O)CCC2)c2cnc(Cl)cc12. The van der Waals surface area contributed by atoms with E-state index in [0.717, 1.165) is 11.8 Å². The average Bonchev–Trinajstić information content (AvgIpc) is 2.58. The lowest BCUT2D eigenvalue weighted by atomic mass is 9.81. The summed E-state index contributed by atoms with van der Waals surface area (Å²) in [5.74, 6) is 0.253. The molecular formula is C18H22ClN5O3S. The van der Waals surface area contributed by atoms with Crippen molar-refractivity contribution in [1.82, 2.24) is 9.97 Å². The van der Waals surface area contributed by atoms with Crippen LogP contribution in [0.5, 0.6) is 5.88 Å². The largest absolute Gasteiger partial charge is 0.469 e. The Balaban J connectivity index is 2.14. The van der Waals surface area contributed by atoms with Gasteiger partial charge in [0.15, 0.2) is 9.84 Å². The Bertz CT molecular complexity index is 1060. The van der Waals surface area contributed by atoms with Crippen LogP contribution in [0.2, 0.25) is 5.15 Å². The van der Waals surface area contributed by atoms with Crippen molar-refractivity contribution in [3.05, 3.63) is 39.6 Å². The van der Waals surface area contributed by atoms with Gasteiger partial charge in [-0.3, -0.25) is 0 Å². The van der Waals surface area contributed by atoms with Gasteiger partial charge in [-0.1, -0.05) is 23.6 Å². The maximum absolute atomic E-state index is 11.9. The summed E-state index contributed by atoms with van der Waals surface area (Å²) in [6, 6.07) is 1.69. The smallest absolute Gasteiger partial charge is 0.223 e. The number of pyridine rings is 2. The molecule has 8 nitrogen and oxygen atoms in total. The first kappa shape index (κ1) is 20.6. The molecule has 0 amide bonds. The Morgan fingerprint density at radius 3 is 2.61 bits per heavy atom. The number of aromatic nitrogens is 2. The van der Waals surface area contributed by atoms with E-state index in [9.17, 15) is 8.42 Å². The first-order chi connectivity index (χ1) is 13.1. The van der Waals surface area contributed by atoms with E-state index in [4.69, 9.17) is 21.9 Å². The molecule has 1 aliphatic carbocycles. The van der Waals surface area contributed by atoms with Gasteiger partial charge in [-0.25, -0.2) is 18.4 Å². The number of rotatable bonds is 7. The van der Waals surface area contributed by atoms with Crippen molar-refractivity contribution >= 4 is 32.2 Å². The number of hydrogen-bond donors (Lipinski definition) is 0. The molecule has 2 aromatic heterocycles. The number of hydrogen-bond acceptors (Lipinski definition) is 6. The lowest BCUT2D eigenvalue weighted by Crippen LogP contribution is -2.49. The molecule has 10 heteroatoms. The highest BCUT2D eigenvalue weighted by molar-refractivity contribution is 7.90. The highest BCUT2D eigenvalue weighted by atomic mass is 35.5. The Morgan fingerprint density at radius 2 is 2.07 bits per heavy atom. The van der Waals surface area contributed by atoms with Crippen LogP contribution in [0.15, 0.2) is 23.6 Å². The number of nitrogens with zero attached hydrogens (tertiary/aromatic N) is 5. The number of fused-ring (bicyclic) bond motifs is 1.